The van der Waals surface area contributed by atoms with Crippen molar-refractivity contribution in [3.05, 3.63) is 11.6 Å². The molecule has 1 aromatic rings. The number of ether oxygens (including phenoxy) is 1. The Labute approximate surface area is 88.5 Å². The molecule has 1 aliphatic rings. The van der Waals surface area contributed by atoms with Crippen LogP contribution in [0.2, 0.25) is 0 Å². The summed E-state index contributed by atoms with van der Waals surface area (Å²) in [6.45, 7) is 4.06. The Kier molecular flexibility index (Phi) is 3.37. The van der Waals surface area contributed by atoms with Crippen LogP contribution in [-0.4, -0.2) is 24.2 Å². The predicted octanol–water partition coefficient (Wildman–Crippen LogP) is 2.37. The second-order valence-electron chi connectivity index (χ2n) is 3.72. The van der Waals surface area contributed by atoms with Crippen LogP contribution < -0.4 is 5.32 Å². The van der Waals surface area contributed by atoms with Gasteiger partial charge in [0.15, 0.2) is 5.13 Å². The molecule has 1 fully saturated rings. The first-order valence-corrected chi connectivity index (χ1v) is 5.98. The molecular formula is C10H16N2OS. The second kappa shape index (κ2) is 4.75. The van der Waals surface area contributed by atoms with Gasteiger partial charge in [-0.05, 0) is 25.7 Å². The van der Waals surface area contributed by atoms with Crippen molar-refractivity contribution in [1.82, 2.24) is 4.98 Å². The van der Waals surface area contributed by atoms with Crippen LogP contribution >= 0.6 is 11.3 Å². The van der Waals surface area contributed by atoms with E-state index in [1.165, 1.54) is 12.8 Å². The standard InChI is InChI=1S/C10H16N2OS/c1-8(9-2-5-13-6-3-9)12-10-11-4-7-14-10/h4,7-9H,2-3,5-6H2,1H3,(H,11,12). The van der Waals surface area contributed by atoms with Crippen LogP contribution in [0.4, 0.5) is 5.13 Å². The van der Waals surface area contributed by atoms with Gasteiger partial charge in [-0.3, -0.25) is 0 Å². The van der Waals surface area contributed by atoms with Gasteiger partial charge in [-0.25, -0.2) is 4.98 Å². The van der Waals surface area contributed by atoms with Gasteiger partial charge in [-0.2, -0.15) is 0 Å². The first-order chi connectivity index (χ1) is 6.86. The molecule has 0 saturated carbocycles. The second-order valence-corrected chi connectivity index (χ2v) is 4.61. The van der Waals surface area contributed by atoms with Crippen molar-refractivity contribution in [3.63, 3.8) is 0 Å². The SMILES string of the molecule is CC(Nc1nccs1)C1CCOCC1. The minimum Gasteiger partial charge on any atom is -0.381 e. The Morgan fingerprint density at radius 3 is 3.00 bits per heavy atom. The van der Waals surface area contributed by atoms with Crippen molar-refractivity contribution in [2.75, 3.05) is 18.5 Å². The fourth-order valence-corrected chi connectivity index (χ4v) is 2.45. The summed E-state index contributed by atoms with van der Waals surface area (Å²) in [6.07, 6.45) is 4.17. The van der Waals surface area contributed by atoms with Crippen molar-refractivity contribution in [2.45, 2.75) is 25.8 Å². The maximum absolute atomic E-state index is 5.34. The van der Waals surface area contributed by atoms with Crippen LogP contribution in [0.1, 0.15) is 19.8 Å². The summed E-state index contributed by atoms with van der Waals surface area (Å²) < 4.78 is 5.34. The molecule has 14 heavy (non-hydrogen) atoms. The quantitative estimate of drug-likeness (QED) is 0.835. The summed E-state index contributed by atoms with van der Waals surface area (Å²) in [5.74, 6) is 0.729. The zero-order chi connectivity index (χ0) is 9.80. The first kappa shape index (κ1) is 9.93. The molecule has 0 spiro atoms. The maximum atomic E-state index is 5.34. The lowest BCUT2D eigenvalue weighted by atomic mass is 9.93. The third kappa shape index (κ3) is 2.45. The average Bonchev–Trinajstić information content (AvgIpc) is 2.72. The van der Waals surface area contributed by atoms with E-state index in [4.69, 9.17) is 4.74 Å². The number of anilines is 1. The molecule has 78 valence electrons. The molecule has 1 aliphatic heterocycles. The zero-order valence-corrected chi connectivity index (χ0v) is 9.22. The number of hydrogen-bond acceptors (Lipinski definition) is 4. The predicted molar refractivity (Wildman–Crippen MR) is 58.7 cm³/mol. The number of aromatic nitrogens is 1. The third-order valence-electron chi connectivity index (χ3n) is 2.76. The van der Waals surface area contributed by atoms with Gasteiger partial charge < -0.3 is 10.1 Å². The molecule has 1 atom stereocenters. The third-order valence-corrected chi connectivity index (χ3v) is 3.46. The Morgan fingerprint density at radius 2 is 2.36 bits per heavy atom. The van der Waals surface area contributed by atoms with Gasteiger partial charge in [0.25, 0.3) is 0 Å². The summed E-state index contributed by atoms with van der Waals surface area (Å²) in [4.78, 5) is 4.23. The van der Waals surface area contributed by atoms with Gasteiger partial charge in [-0.1, -0.05) is 0 Å². The van der Waals surface area contributed by atoms with E-state index in [1.807, 2.05) is 11.6 Å². The molecule has 2 heterocycles. The first-order valence-electron chi connectivity index (χ1n) is 5.10. The highest BCUT2D eigenvalue weighted by Gasteiger charge is 2.20. The van der Waals surface area contributed by atoms with Crippen molar-refractivity contribution >= 4 is 16.5 Å². The minimum absolute atomic E-state index is 0.505. The van der Waals surface area contributed by atoms with E-state index in [2.05, 4.69) is 17.2 Å². The van der Waals surface area contributed by atoms with Gasteiger partial charge >= 0.3 is 0 Å². The number of nitrogens with zero attached hydrogens (tertiary/aromatic N) is 1. The summed E-state index contributed by atoms with van der Waals surface area (Å²) >= 11 is 1.66. The molecule has 4 heteroatoms. The maximum Gasteiger partial charge on any atom is 0.182 e. The molecule has 0 radical (unpaired) electrons. The molecular weight excluding hydrogens is 196 g/mol. The topological polar surface area (TPSA) is 34.2 Å². The van der Waals surface area contributed by atoms with E-state index < -0.39 is 0 Å². The molecule has 3 nitrogen and oxygen atoms in total. The Bertz CT molecular complexity index is 257. The van der Waals surface area contributed by atoms with Gasteiger partial charge in [-0.15, -0.1) is 11.3 Å². The Morgan fingerprint density at radius 1 is 1.57 bits per heavy atom. The van der Waals surface area contributed by atoms with Crippen LogP contribution in [0.3, 0.4) is 0 Å². The largest absolute Gasteiger partial charge is 0.381 e. The van der Waals surface area contributed by atoms with Crippen molar-refractivity contribution in [3.8, 4) is 0 Å². The highest BCUT2D eigenvalue weighted by Crippen LogP contribution is 2.22. The normalized spacial score (nSPS) is 20.6. The van der Waals surface area contributed by atoms with Crippen LogP contribution in [-0.2, 0) is 4.74 Å². The van der Waals surface area contributed by atoms with Crippen molar-refractivity contribution in [2.24, 2.45) is 5.92 Å². The van der Waals surface area contributed by atoms with Gasteiger partial charge in [0.1, 0.15) is 0 Å². The Balaban J connectivity index is 1.85. The number of thiazole rings is 1. The van der Waals surface area contributed by atoms with E-state index in [0.29, 0.717) is 6.04 Å². The molecule has 1 N–H and O–H groups in total. The smallest absolute Gasteiger partial charge is 0.182 e. The monoisotopic (exact) mass is 212 g/mol. The highest BCUT2D eigenvalue weighted by molar-refractivity contribution is 7.13. The van der Waals surface area contributed by atoms with Crippen LogP contribution in [0.25, 0.3) is 0 Å². The highest BCUT2D eigenvalue weighted by atomic mass is 32.1. The molecule has 0 aromatic carbocycles. The van der Waals surface area contributed by atoms with E-state index in [-0.39, 0.29) is 0 Å². The van der Waals surface area contributed by atoms with Crippen LogP contribution in [0.5, 0.6) is 0 Å². The summed E-state index contributed by atoms with van der Waals surface area (Å²) in [6, 6.07) is 0.505. The fraction of sp³-hybridized carbons (Fsp3) is 0.700. The molecule has 0 aliphatic carbocycles. The number of rotatable bonds is 3. The Hall–Kier alpha value is -0.610. The van der Waals surface area contributed by atoms with E-state index >= 15 is 0 Å². The summed E-state index contributed by atoms with van der Waals surface area (Å²) in [7, 11) is 0. The van der Waals surface area contributed by atoms with E-state index in [1.54, 1.807) is 11.3 Å². The van der Waals surface area contributed by atoms with E-state index in [0.717, 1.165) is 24.3 Å². The molecule has 2 rings (SSSR count). The van der Waals surface area contributed by atoms with Crippen molar-refractivity contribution < 1.29 is 4.74 Å². The molecule has 1 saturated heterocycles. The number of nitrogens with one attached hydrogen (secondary N) is 1. The molecule has 1 aromatic heterocycles. The van der Waals surface area contributed by atoms with Crippen LogP contribution in [0.15, 0.2) is 11.6 Å². The van der Waals surface area contributed by atoms with Crippen molar-refractivity contribution in [1.29, 1.82) is 0 Å². The van der Waals surface area contributed by atoms with Gasteiger partial charge in [0.2, 0.25) is 0 Å². The molecule has 1 unspecified atom stereocenters. The van der Waals surface area contributed by atoms with Gasteiger partial charge in [0.05, 0.1) is 0 Å². The molecule has 0 amide bonds. The lowest BCUT2D eigenvalue weighted by Crippen LogP contribution is -2.30. The number of hydrogen-bond donors (Lipinski definition) is 1. The average molecular weight is 212 g/mol. The molecule has 0 bridgehead atoms. The summed E-state index contributed by atoms with van der Waals surface area (Å²) in [5, 5.41) is 6.47. The minimum atomic E-state index is 0.505. The fourth-order valence-electron chi connectivity index (χ4n) is 1.82. The van der Waals surface area contributed by atoms with Crippen LogP contribution in [0, 0.1) is 5.92 Å². The lowest BCUT2D eigenvalue weighted by Gasteiger charge is -2.28. The van der Waals surface area contributed by atoms with E-state index in [9.17, 15) is 0 Å². The zero-order valence-electron chi connectivity index (χ0n) is 8.40. The lowest BCUT2D eigenvalue weighted by molar-refractivity contribution is 0.0622. The van der Waals surface area contributed by atoms with Gasteiger partial charge in [0, 0.05) is 30.8 Å². The summed E-state index contributed by atoms with van der Waals surface area (Å²) in [5.41, 5.74) is 0.